The largest absolute Gasteiger partial charge is 0.491 e. The Morgan fingerprint density at radius 1 is 0.952 bits per heavy atom. The van der Waals surface area contributed by atoms with Crippen LogP contribution in [0.4, 0.5) is 26.3 Å². The van der Waals surface area contributed by atoms with Gasteiger partial charge < -0.3 is 9.84 Å². The summed E-state index contributed by atoms with van der Waals surface area (Å²) in [5, 5.41) is 9.63. The van der Waals surface area contributed by atoms with Crippen molar-refractivity contribution in [2.24, 2.45) is 5.92 Å². The van der Waals surface area contributed by atoms with Crippen molar-refractivity contribution in [1.82, 2.24) is 0 Å². The summed E-state index contributed by atoms with van der Waals surface area (Å²) in [6, 6.07) is 4.81. The third kappa shape index (κ3) is 4.52. The van der Waals surface area contributed by atoms with Gasteiger partial charge in [-0.15, -0.1) is 0 Å². The fourth-order valence-corrected chi connectivity index (χ4v) is 1.81. The second kappa shape index (κ2) is 6.13. The molecule has 1 unspecified atom stereocenters. The summed E-state index contributed by atoms with van der Waals surface area (Å²) in [5.74, 6) is -4.08. The Morgan fingerprint density at radius 2 is 1.43 bits per heavy atom. The molecule has 120 valence electrons. The van der Waals surface area contributed by atoms with Crippen molar-refractivity contribution >= 4 is 0 Å². The first-order valence-corrected chi connectivity index (χ1v) is 6.01. The second-order valence-electron chi connectivity index (χ2n) is 4.71. The van der Waals surface area contributed by atoms with E-state index < -0.39 is 36.0 Å². The number of aliphatic hydroxyl groups excluding tert-OH is 1. The van der Waals surface area contributed by atoms with Gasteiger partial charge in [0.1, 0.15) is 11.9 Å². The number of hydrogen-bond donors (Lipinski definition) is 1. The maximum Gasteiger partial charge on any atom is 0.403 e. The molecule has 0 spiro atoms. The summed E-state index contributed by atoms with van der Waals surface area (Å²) < 4.78 is 80.9. The molecule has 0 bridgehead atoms. The molecular weight excluding hydrogens is 302 g/mol. The van der Waals surface area contributed by atoms with Crippen molar-refractivity contribution in [3.8, 4) is 5.75 Å². The van der Waals surface area contributed by atoms with E-state index in [9.17, 15) is 31.4 Å². The van der Waals surface area contributed by atoms with Crippen LogP contribution in [0.1, 0.15) is 25.5 Å². The first-order valence-electron chi connectivity index (χ1n) is 6.01. The second-order valence-corrected chi connectivity index (χ2v) is 4.71. The van der Waals surface area contributed by atoms with E-state index in [0.717, 1.165) is 6.07 Å². The van der Waals surface area contributed by atoms with Gasteiger partial charge in [-0.2, -0.15) is 26.3 Å². The molecule has 0 amide bonds. The summed E-state index contributed by atoms with van der Waals surface area (Å²) >= 11 is 0. The van der Waals surface area contributed by atoms with Crippen molar-refractivity contribution in [1.29, 1.82) is 0 Å². The van der Waals surface area contributed by atoms with Crippen LogP contribution in [0.2, 0.25) is 0 Å². The highest BCUT2D eigenvalue weighted by molar-refractivity contribution is 5.36. The van der Waals surface area contributed by atoms with Gasteiger partial charge in [0.2, 0.25) is 0 Å². The van der Waals surface area contributed by atoms with Gasteiger partial charge in [0.05, 0.1) is 6.10 Å². The Labute approximate surface area is 117 Å². The lowest BCUT2D eigenvalue weighted by atomic mass is 9.94. The number of para-hydroxylation sites is 1. The van der Waals surface area contributed by atoms with Gasteiger partial charge >= 0.3 is 12.4 Å². The van der Waals surface area contributed by atoms with Crippen LogP contribution in [0.25, 0.3) is 0 Å². The highest BCUT2D eigenvalue weighted by Gasteiger charge is 2.60. The zero-order chi connectivity index (χ0) is 16.4. The van der Waals surface area contributed by atoms with Crippen LogP contribution in [0.15, 0.2) is 24.3 Å². The van der Waals surface area contributed by atoms with E-state index >= 15 is 0 Å². The summed E-state index contributed by atoms with van der Waals surface area (Å²) in [6.07, 6.45) is -14.5. The first kappa shape index (κ1) is 17.6. The molecule has 8 heteroatoms. The van der Waals surface area contributed by atoms with Gasteiger partial charge in [0, 0.05) is 5.56 Å². The van der Waals surface area contributed by atoms with E-state index in [1.807, 2.05) is 0 Å². The standard InChI is InChI=1S/C13H14F6O2/c1-7(2)21-9-6-4-3-5-8(9)10(20)11(12(14,15)16)13(17,18)19/h3-7,10-11,20H,1-2H3. The Bertz CT molecular complexity index is 452. The van der Waals surface area contributed by atoms with Gasteiger partial charge in [-0.05, 0) is 19.9 Å². The Kier molecular flexibility index (Phi) is 5.14. The number of ether oxygens (including phenoxy) is 1. The average Bonchev–Trinajstić information content (AvgIpc) is 2.24. The zero-order valence-corrected chi connectivity index (χ0v) is 11.2. The molecule has 0 saturated heterocycles. The van der Waals surface area contributed by atoms with Gasteiger partial charge in [0.15, 0.2) is 5.92 Å². The minimum Gasteiger partial charge on any atom is -0.491 e. The van der Waals surface area contributed by atoms with Crippen molar-refractivity contribution in [2.45, 2.75) is 38.4 Å². The molecule has 1 N–H and O–H groups in total. The molecule has 2 nitrogen and oxygen atoms in total. The molecule has 0 aliphatic rings. The number of alkyl halides is 6. The lowest BCUT2D eigenvalue weighted by Gasteiger charge is -2.28. The molecule has 1 atom stereocenters. The quantitative estimate of drug-likeness (QED) is 0.842. The first-order chi connectivity index (χ1) is 9.44. The topological polar surface area (TPSA) is 29.5 Å². The summed E-state index contributed by atoms with van der Waals surface area (Å²) in [5.41, 5.74) is -0.550. The molecule has 0 radical (unpaired) electrons. The Morgan fingerprint density at radius 3 is 1.86 bits per heavy atom. The van der Waals surface area contributed by atoms with E-state index in [4.69, 9.17) is 4.74 Å². The SMILES string of the molecule is CC(C)Oc1ccccc1C(O)C(C(F)(F)F)C(F)(F)F. The number of hydrogen-bond acceptors (Lipinski definition) is 2. The smallest absolute Gasteiger partial charge is 0.403 e. The fourth-order valence-electron chi connectivity index (χ4n) is 1.81. The lowest BCUT2D eigenvalue weighted by molar-refractivity contribution is -0.307. The van der Waals surface area contributed by atoms with Crippen LogP contribution in [-0.2, 0) is 0 Å². The molecule has 0 aromatic heterocycles. The van der Waals surface area contributed by atoms with E-state index in [1.54, 1.807) is 13.8 Å². The Hall–Kier alpha value is -1.44. The predicted molar refractivity (Wildman–Crippen MR) is 62.8 cm³/mol. The monoisotopic (exact) mass is 316 g/mol. The molecule has 0 saturated carbocycles. The maximum atomic E-state index is 12.6. The van der Waals surface area contributed by atoms with Crippen molar-refractivity contribution in [3.05, 3.63) is 29.8 Å². The summed E-state index contributed by atoms with van der Waals surface area (Å²) in [4.78, 5) is 0. The summed E-state index contributed by atoms with van der Waals surface area (Å²) in [6.45, 7) is 3.13. The molecule has 1 rings (SSSR count). The predicted octanol–water partition coefficient (Wildman–Crippen LogP) is 4.25. The maximum absolute atomic E-state index is 12.6. The van der Waals surface area contributed by atoms with Crippen LogP contribution < -0.4 is 4.74 Å². The third-order valence-electron chi connectivity index (χ3n) is 2.62. The fraction of sp³-hybridized carbons (Fsp3) is 0.538. The molecule has 0 aliphatic heterocycles. The van der Waals surface area contributed by atoms with Crippen LogP contribution >= 0.6 is 0 Å². The van der Waals surface area contributed by atoms with Gasteiger partial charge in [-0.3, -0.25) is 0 Å². The van der Waals surface area contributed by atoms with E-state index in [1.165, 1.54) is 18.2 Å². The molecule has 0 heterocycles. The van der Waals surface area contributed by atoms with Crippen molar-refractivity contribution in [3.63, 3.8) is 0 Å². The lowest BCUT2D eigenvalue weighted by Crippen LogP contribution is -2.41. The highest BCUT2D eigenvalue weighted by atomic mass is 19.4. The Balaban J connectivity index is 3.25. The minimum absolute atomic E-state index is 0.210. The molecule has 21 heavy (non-hydrogen) atoms. The van der Waals surface area contributed by atoms with Crippen LogP contribution in [-0.4, -0.2) is 23.6 Å². The summed E-state index contributed by atoms with van der Waals surface area (Å²) in [7, 11) is 0. The molecule has 0 fully saturated rings. The van der Waals surface area contributed by atoms with E-state index in [-0.39, 0.29) is 5.75 Å². The minimum atomic E-state index is -5.62. The van der Waals surface area contributed by atoms with Crippen LogP contribution in [0.5, 0.6) is 5.75 Å². The number of aliphatic hydroxyl groups is 1. The molecule has 0 aliphatic carbocycles. The average molecular weight is 316 g/mol. The third-order valence-corrected chi connectivity index (χ3v) is 2.62. The van der Waals surface area contributed by atoms with Crippen molar-refractivity contribution in [2.75, 3.05) is 0 Å². The number of halogens is 6. The van der Waals surface area contributed by atoms with Gasteiger partial charge in [0.25, 0.3) is 0 Å². The van der Waals surface area contributed by atoms with Crippen LogP contribution in [0.3, 0.4) is 0 Å². The molecular formula is C13H14F6O2. The highest BCUT2D eigenvalue weighted by Crippen LogP contribution is 2.47. The van der Waals surface area contributed by atoms with Crippen molar-refractivity contribution < 1.29 is 36.2 Å². The number of benzene rings is 1. The van der Waals surface area contributed by atoms with Gasteiger partial charge in [-0.25, -0.2) is 0 Å². The van der Waals surface area contributed by atoms with E-state index in [2.05, 4.69) is 0 Å². The van der Waals surface area contributed by atoms with Gasteiger partial charge in [-0.1, -0.05) is 18.2 Å². The molecule has 1 aromatic rings. The molecule has 1 aromatic carbocycles. The number of rotatable bonds is 4. The normalized spacial score (nSPS) is 14.6. The van der Waals surface area contributed by atoms with E-state index in [0.29, 0.717) is 0 Å². The van der Waals surface area contributed by atoms with Crippen LogP contribution in [0, 0.1) is 5.92 Å². The zero-order valence-electron chi connectivity index (χ0n) is 11.2.